The van der Waals surface area contributed by atoms with E-state index in [9.17, 15) is 9.90 Å². The molecular weight excluding hydrogens is 252 g/mol. The summed E-state index contributed by atoms with van der Waals surface area (Å²) < 4.78 is 0. The van der Waals surface area contributed by atoms with Gasteiger partial charge in [0.15, 0.2) is 0 Å². The lowest BCUT2D eigenvalue weighted by Crippen LogP contribution is -2.53. The van der Waals surface area contributed by atoms with Gasteiger partial charge in [-0.2, -0.15) is 0 Å². The first-order valence-electron chi connectivity index (χ1n) is 7.34. The number of hydrogen-bond donors (Lipinski definition) is 3. The summed E-state index contributed by atoms with van der Waals surface area (Å²) in [7, 11) is 0. The average Bonchev–Trinajstić information content (AvgIpc) is 2.41. The van der Waals surface area contributed by atoms with Crippen molar-refractivity contribution in [3.05, 3.63) is 29.8 Å². The number of aromatic hydroxyl groups is 1. The highest BCUT2D eigenvalue weighted by Gasteiger charge is 2.29. The Morgan fingerprint density at radius 2 is 1.90 bits per heavy atom. The quantitative estimate of drug-likeness (QED) is 0.788. The summed E-state index contributed by atoms with van der Waals surface area (Å²) >= 11 is 0. The number of nitrogens with one attached hydrogen (secondary N) is 1. The van der Waals surface area contributed by atoms with Crippen LogP contribution in [0.15, 0.2) is 24.3 Å². The van der Waals surface area contributed by atoms with E-state index in [-0.39, 0.29) is 17.2 Å². The van der Waals surface area contributed by atoms with Crippen LogP contribution in [0.5, 0.6) is 5.75 Å². The molecule has 1 fully saturated rings. The summed E-state index contributed by atoms with van der Waals surface area (Å²) in [6, 6.07) is 6.28. The number of amides is 1. The van der Waals surface area contributed by atoms with Gasteiger partial charge in [0.25, 0.3) is 0 Å². The SMILES string of the molecule is CC1(NC(=O)C(N)Cc2ccc(O)cc2)CCCCC1. The van der Waals surface area contributed by atoms with Crippen LogP contribution in [0.1, 0.15) is 44.6 Å². The maximum atomic E-state index is 12.2. The lowest BCUT2D eigenvalue weighted by molar-refractivity contribution is -0.124. The van der Waals surface area contributed by atoms with Gasteiger partial charge in [0.1, 0.15) is 5.75 Å². The van der Waals surface area contributed by atoms with Crippen LogP contribution in [0.3, 0.4) is 0 Å². The summed E-state index contributed by atoms with van der Waals surface area (Å²) in [5.41, 5.74) is 6.85. The Hall–Kier alpha value is -1.55. The molecule has 1 amide bonds. The first-order valence-corrected chi connectivity index (χ1v) is 7.34. The molecule has 1 aliphatic rings. The van der Waals surface area contributed by atoms with Crippen LogP contribution in [-0.2, 0) is 11.2 Å². The number of hydrogen-bond acceptors (Lipinski definition) is 3. The molecule has 0 aromatic heterocycles. The van der Waals surface area contributed by atoms with E-state index in [4.69, 9.17) is 5.73 Å². The number of phenolic OH excluding ortho intramolecular Hbond substituents is 1. The molecule has 1 saturated carbocycles. The van der Waals surface area contributed by atoms with Gasteiger partial charge in [0.05, 0.1) is 6.04 Å². The maximum absolute atomic E-state index is 12.2. The Morgan fingerprint density at radius 1 is 1.30 bits per heavy atom. The van der Waals surface area contributed by atoms with Crippen LogP contribution in [0, 0.1) is 0 Å². The number of rotatable bonds is 4. The second-order valence-corrected chi connectivity index (χ2v) is 6.09. The average molecular weight is 276 g/mol. The Balaban J connectivity index is 1.89. The Labute approximate surface area is 120 Å². The van der Waals surface area contributed by atoms with Crippen molar-refractivity contribution in [1.82, 2.24) is 5.32 Å². The summed E-state index contributed by atoms with van der Waals surface area (Å²) in [4.78, 5) is 12.2. The minimum Gasteiger partial charge on any atom is -0.508 e. The topological polar surface area (TPSA) is 75.4 Å². The van der Waals surface area contributed by atoms with E-state index < -0.39 is 6.04 Å². The number of carbonyl (C=O) groups is 1. The summed E-state index contributed by atoms with van der Waals surface area (Å²) in [6.07, 6.45) is 6.15. The Bertz CT molecular complexity index is 450. The molecule has 1 atom stereocenters. The fourth-order valence-corrected chi connectivity index (χ4v) is 2.83. The highest BCUT2D eigenvalue weighted by molar-refractivity contribution is 5.82. The molecule has 0 heterocycles. The second kappa shape index (κ2) is 6.27. The predicted molar refractivity (Wildman–Crippen MR) is 79.4 cm³/mol. The zero-order valence-electron chi connectivity index (χ0n) is 12.1. The van der Waals surface area contributed by atoms with Crippen LogP contribution in [0.25, 0.3) is 0 Å². The first kappa shape index (κ1) is 14.9. The number of phenols is 1. The van der Waals surface area contributed by atoms with E-state index in [1.165, 1.54) is 19.3 Å². The molecule has 110 valence electrons. The number of benzene rings is 1. The third-order valence-electron chi connectivity index (χ3n) is 4.11. The van der Waals surface area contributed by atoms with Gasteiger partial charge in [-0.15, -0.1) is 0 Å². The van der Waals surface area contributed by atoms with Crippen molar-refractivity contribution in [2.24, 2.45) is 5.73 Å². The normalized spacial score (nSPS) is 19.3. The van der Waals surface area contributed by atoms with E-state index in [1.54, 1.807) is 24.3 Å². The third-order valence-corrected chi connectivity index (χ3v) is 4.11. The molecule has 0 saturated heterocycles. The van der Waals surface area contributed by atoms with Crippen molar-refractivity contribution in [1.29, 1.82) is 0 Å². The smallest absolute Gasteiger partial charge is 0.237 e. The van der Waals surface area contributed by atoms with Crippen molar-refractivity contribution in [3.8, 4) is 5.75 Å². The minimum atomic E-state index is -0.543. The molecule has 0 aliphatic heterocycles. The molecule has 20 heavy (non-hydrogen) atoms. The molecule has 4 heteroatoms. The zero-order chi connectivity index (χ0) is 14.6. The molecule has 1 aliphatic carbocycles. The molecule has 0 radical (unpaired) electrons. The van der Waals surface area contributed by atoms with E-state index in [2.05, 4.69) is 12.2 Å². The highest BCUT2D eigenvalue weighted by Crippen LogP contribution is 2.27. The second-order valence-electron chi connectivity index (χ2n) is 6.09. The van der Waals surface area contributed by atoms with E-state index in [1.807, 2.05) is 0 Å². The summed E-state index contributed by atoms with van der Waals surface area (Å²) in [6.45, 7) is 2.11. The lowest BCUT2D eigenvalue weighted by atomic mass is 9.83. The van der Waals surface area contributed by atoms with Crippen molar-refractivity contribution < 1.29 is 9.90 Å². The van der Waals surface area contributed by atoms with Crippen molar-refractivity contribution >= 4 is 5.91 Å². The standard InChI is InChI=1S/C16H24N2O2/c1-16(9-3-2-4-10-16)18-15(20)14(17)11-12-5-7-13(19)8-6-12/h5-8,14,19H,2-4,9-11,17H2,1H3,(H,18,20). The first-order chi connectivity index (χ1) is 9.48. The van der Waals surface area contributed by atoms with Crippen molar-refractivity contribution in [2.75, 3.05) is 0 Å². The molecule has 2 rings (SSSR count). The van der Waals surface area contributed by atoms with Gasteiger partial charge in [0, 0.05) is 5.54 Å². The van der Waals surface area contributed by atoms with Gasteiger partial charge in [-0.05, 0) is 43.9 Å². The lowest BCUT2D eigenvalue weighted by Gasteiger charge is -2.35. The maximum Gasteiger partial charge on any atom is 0.237 e. The molecule has 1 aromatic rings. The fraction of sp³-hybridized carbons (Fsp3) is 0.562. The van der Waals surface area contributed by atoms with Crippen molar-refractivity contribution in [2.45, 2.75) is 57.0 Å². The molecule has 4 N–H and O–H groups in total. The van der Waals surface area contributed by atoms with Gasteiger partial charge in [-0.1, -0.05) is 31.4 Å². The largest absolute Gasteiger partial charge is 0.508 e. The monoisotopic (exact) mass is 276 g/mol. The third kappa shape index (κ3) is 3.97. The van der Waals surface area contributed by atoms with Crippen LogP contribution < -0.4 is 11.1 Å². The van der Waals surface area contributed by atoms with Gasteiger partial charge >= 0.3 is 0 Å². The molecule has 1 unspecified atom stereocenters. The summed E-state index contributed by atoms with van der Waals surface area (Å²) in [5, 5.41) is 12.4. The number of nitrogens with two attached hydrogens (primary N) is 1. The fourth-order valence-electron chi connectivity index (χ4n) is 2.83. The zero-order valence-corrected chi connectivity index (χ0v) is 12.1. The number of carbonyl (C=O) groups excluding carboxylic acids is 1. The van der Waals surface area contributed by atoms with Gasteiger partial charge in [0.2, 0.25) is 5.91 Å². The van der Waals surface area contributed by atoms with Crippen LogP contribution in [0.2, 0.25) is 0 Å². The minimum absolute atomic E-state index is 0.0810. The van der Waals surface area contributed by atoms with Crippen LogP contribution in [-0.4, -0.2) is 22.6 Å². The van der Waals surface area contributed by atoms with Crippen LogP contribution >= 0.6 is 0 Å². The Morgan fingerprint density at radius 3 is 2.50 bits per heavy atom. The molecule has 0 bridgehead atoms. The van der Waals surface area contributed by atoms with Gasteiger partial charge < -0.3 is 16.2 Å². The van der Waals surface area contributed by atoms with E-state index >= 15 is 0 Å². The summed E-state index contributed by atoms with van der Waals surface area (Å²) in [5.74, 6) is 0.143. The van der Waals surface area contributed by atoms with Gasteiger partial charge in [-0.25, -0.2) is 0 Å². The molecule has 1 aromatic carbocycles. The van der Waals surface area contributed by atoms with Gasteiger partial charge in [-0.3, -0.25) is 4.79 Å². The molecular formula is C16H24N2O2. The predicted octanol–water partition coefficient (Wildman–Crippen LogP) is 2.10. The Kier molecular flexibility index (Phi) is 4.65. The highest BCUT2D eigenvalue weighted by atomic mass is 16.3. The molecule has 4 nitrogen and oxygen atoms in total. The van der Waals surface area contributed by atoms with Crippen molar-refractivity contribution in [3.63, 3.8) is 0 Å². The van der Waals surface area contributed by atoms with E-state index in [0.717, 1.165) is 18.4 Å². The van der Waals surface area contributed by atoms with E-state index in [0.29, 0.717) is 6.42 Å². The van der Waals surface area contributed by atoms with Crippen LogP contribution in [0.4, 0.5) is 0 Å². The molecule has 0 spiro atoms.